The van der Waals surface area contributed by atoms with Gasteiger partial charge in [-0.1, -0.05) is 6.42 Å². The van der Waals surface area contributed by atoms with Gasteiger partial charge >= 0.3 is 0 Å². The van der Waals surface area contributed by atoms with Crippen LogP contribution in [-0.2, 0) is 4.74 Å². The molecule has 3 unspecified atom stereocenters. The molecule has 3 atom stereocenters. The summed E-state index contributed by atoms with van der Waals surface area (Å²) >= 11 is 0. The fourth-order valence-corrected chi connectivity index (χ4v) is 3.38. The van der Waals surface area contributed by atoms with Gasteiger partial charge in [0.15, 0.2) is 0 Å². The Bertz CT molecular complexity index is 198. The number of hydrogen-bond acceptors (Lipinski definition) is 3. The molecule has 2 aliphatic rings. The first-order valence-electron chi connectivity index (χ1n) is 5.75. The predicted octanol–water partition coefficient (Wildman–Crippen LogP) is 0.740. The molecular weight excluding hydrogens is 176 g/mol. The number of hydrogen-bond donors (Lipinski definition) is 2. The molecule has 2 aliphatic carbocycles. The van der Waals surface area contributed by atoms with Crippen LogP contribution < -0.4 is 11.1 Å². The lowest BCUT2D eigenvalue weighted by Crippen LogP contribution is -2.55. The molecule has 2 bridgehead atoms. The van der Waals surface area contributed by atoms with Gasteiger partial charge in [-0.2, -0.15) is 0 Å². The number of fused-ring (bicyclic) bond motifs is 2. The van der Waals surface area contributed by atoms with Crippen LogP contribution >= 0.6 is 0 Å². The van der Waals surface area contributed by atoms with Crippen molar-refractivity contribution < 1.29 is 4.74 Å². The van der Waals surface area contributed by atoms with E-state index in [0.717, 1.165) is 31.5 Å². The van der Waals surface area contributed by atoms with Crippen molar-refractivity contribution in [3.05, 3.63) is 0 Å². The molecule has 0 aromatic carbocycles. The van der Waals surface area contributed by atoms with Crippen LogP contribution in [0.5, 0.6) is 0 Å². The minimum Gasteiger partial charge on any atom is -0.383 e. The van der Waals surface area contributed by atoms with Gasteiger partial charge in [0.2, 0.25) is 0 Å². The van der Waals surface area contributed by atoms with Gasteiger partial charge < -0.3 is 15.8 Å². The zero-order valence-corrected chi connectivity index (χ0v) is 9.09. The van der Waals surface area contributed by atoms with E-state index in [-0.39, 0.29) is 5.54 Å². The Morgan fingerprint density at radius 3 is 2.86 bits per heavy atom. The highest BCUT2D eigenvalue weighted by molar-refractivity contribution is 5.06. The van der Waals surface area contributed by atoms with E-state index in [0.29, 0.717) is 0 Å². The molecule has 0 spiro atoms. The topological polar surface area (TPSA) is 47.3 Å². The summed E-state index contributed by atoms with van der Waals surface area (Å²) < 4.78 is 5.07. The fourth-order valence-electron chi connectivity index (χ4n) is 3.38. The number of methoxy groups -OCH3 is 1. The Hall–Kier alpha value is -0.120. The van der Waals surface area contributed by atoms with Crippen LogP contribution in [0.4, 0.5) is 0 Å². The van der Waals surface area contributed by atoms with Gasteiger partial charge in [0, 0.05) is 25.7 Å². The first-order chi connectivity index (χ1) is 6.80. The first kappa shape index (κ1) is 10.4. The maximum absolute atomic E-state index is 5.93. The summed E-state index contributed by atoms with van der Waals surface area (Å²) in [6.45, 7) is 2.52. The maximum Gasteiger partial charge on any atom is 0.0587 e. The molecule has 2 rings (SSSR count). The number of rotatable bonds is 5. The van der Waals surface area contributed by atoms with E-state index in [1.807, 2.05) is 0 Å². The van der Waals surface area contributed by atoms with Crippen molar-refractivity contribution in [2.24, 2.45) is 17.6 Å². The lowest BCUT2D eigenvalue weighted by molar-refractivity contribution is 0.161. The van der Waals surface area contributed by atoms with E-state index in [4.69, 9.17) is 10.5 Å². The van der Waals surface area contributed by atoms with Crippen molar-refractivity contribution in [3.8, 4) is 0 Å². The molecule has 2 fully saturated rings. The van der Waals surface area contributed by atoms with E-state index in [9.17, 15) is 0 Å². The normalized spacial score (nSPS) is 40.7. The van der Waals surface area contributed by atoms with Crippen molar-refractivity contribution in [3.63, 3.8) is 0 Å². The predicted molar refractivity (Wildman–Crippen MR) is 57.1 cm³/mol. The standard InChI is InChI=1S/C11H22N2O/c1-14-5-4-13-11(8-12)7-9-2-3-10(11)6-9/h9-10,13H,2-8,12H2,1H3. The highest BCUT2D eigenvalue weighted by Crippen LogP contribution is 2.50. The van der Waals surface area contributed by atoms with E-state index in [1.165, 1.54) is 25.7 Å². The molecule has 0 saturated heterocycles. The molecular formula is C11H22N2O. The summed E-state index contributed by atoms with van der Waals surface area (Å²) in [5.74, 6) is 1.77. The molecule has 2 saturated carbocycles. The van der Waals surface area contributed by atoms with Crippen LogP contribution in [0, 0.1) is 11.8 Å². The van der Waals surface area contributed by atoms with Crippen LogP contribution in [0.15, 0.2) is 0 Å². The van der Waals surface area contributed by atoms with Crippen LogP contribution in [-0.4, -0.2) is 32.3 Å². The quantitative estimate of drug-likeness (QED) is 0.641. The van der Waals surface area contributed by atoms with Crippen molar-refractivity contribution in [2.75, 3.05) is 26.8 Å². The largest absolute Gasteiger partial charge is 0.383 e. The average Bonchev–Trinajstić information content (AvgIpc) is 2.78. The second-order valence-corrected chi connectivity index (χ2v) is 4.86. The molecule has 3 heteroatoms. The molecule has 0 aliphatic heterocycles. The molecule has 0 aromatic heterocycles. The molecule has 0 aromatic rings. The highest BCUT2D eigenvalue weighted by atomic mass is 16.5. The number of nitrogens with two attached hydrogens (primary N) is 1. The minimum atomic E-state index is 0.251. The third kappa shape index (κ3) is 1.69. The van der Waals surface area contributed by atoms with E-state index in [2.05, 4.69) is 5.32 Å². The van der Waals surface area contributed by atoms with Crippen LogP contribution in [0.25, 0.3) is 0 Å². The molecule has 3 N–H and O–H groups in total. The van der Waals surface area contributed by atoms with Gasteiger partial charge in [-0.05, 0) is 31.1 Å². The van der Waals surface area contributed by atoms with E-state index >= 15 is 0 Å². The third-order valence-electron chi connectivity index (χ3n) is 4.12. The van der Waals surface area contributed by atoms with Crippen molar-refractivity contribution in [1.29, 1.82) is 0 Å². The third-order valence-corrected chi connectivity index (χ3v) is 4.12. The lowest BCUT2D eigenvalue weighted by Gasteiger charge is -2.37. The summed E-state index contributed by atoms with van der Waals surface area (Å²) in [7, 11) is 1.75. The van der Waals surface area contributed by atoms with Crippen LogP contribution in [0.3, 0.4) is 0 Å². The second-order valence-electron chi connectivity index (χ2n) is 4.86. The summed E-state index contributed by atoms with van der Waals surface area (Å²) in [6.07, 6.45) is 5.50. The molecule has 0 radical (unpaired) electrons. The summed E-state index contributed by atoms with van der Waals surface area (Å²) in [5, 5.41) is 3.63. The molecule has 0 amide bonds. The van der Waals surface area contributed by atoms with Crippen molar-refractivity contribution in [2.45, 2.75) is 31.2 Å². The number of ether oxygens (including phenoxy) is 1. The fraction of sp³-hybridized carbons (Fsp3) is 1.00. The summed E-state index contributed by atoms with van der Waals surface area (Å²) in [6, 6.07) is 0. The monoisotopic (exact) mass is 198 g/mol. The van der Waals surface area contributed by atoms with Gasteiger partial charge in [0.05, 0.1) is 6.61 Å². The van der Waals surface area contributed by atoms with Gasteiger partial charge in [-0.3, -0.25) is 0 Å². The SMILES string of the molecule is COCCNC1(CN)CC2CCC1C2. The number of nitrogens with one attached hydrogen (secondary N) is 1. The van der Waals surface area contributed by atoms with Crippen LogP contribution in [0.1, 0.15) is 25.7 Å². The summed E-state index contributed by atoms with van der Waals surface area (Å²) in [5.41, 5.74) is 6.19. The van der Waals surface area contributed by atoms with Gasteiger partial charge in [-0.25, -0.2) is 0 Å². The Morgan fingerprint density at radius 2 is 2.36 bits per heavy atom. The Balaban J connectivity index is 1.90. The first-order valence-corrected chi connectivity index (χ1v) is 5.75. The molecule has 14 heavy (non-hydrogen) atoms. The Morgan fingerprint density at radius 1 is 1.50 bits per heavy atom. The van der Waals surface area contributed by atoms with Gasteiger partial charge in [0.25, 0.3) is 0 Å². The smallest absolute Gasteiger partial charge is 0.0587 e. The Kier molecular flexibility index (Phi) is 3.10. The molecule has 0 heterocycles. The van der Waals surface area contributed by atoms with E-state index < -0.39 is 0 Å². The molecule has 82 valence electrons. The van der Waals surface area contributed by atoms with Gasteiger partial charge in [0.1, 0.15) is 0 Å². The molecule has 3 nitrogen and oxygen atoms in total. The van der Waals surface area contributed by atoms with Crippen molar-refractivity contribution in [1.82, 2.24) is 5.32 Å². The zero-order valence-electron chi connectivity index (χ0n) is 9.09. The average molecular weight is 198 g/mol. The maximum atomic E-state index is 5.93. The zero-order chi connectivity index (χ0) is 10.0. The minimum absolute atomic E-state index is 0.251. The summed E-state index contributed by atoms with van der Waals surface area (Å²) in [4.78, 5) is 0. The van der Waals surface area contributed by atoms with Crippen LogP contribution in [0.2, 0.25) is 0 Å². The van der Waals surface area contributed by atoms with Crippen molar-refractivity contribution >= 4 is 0 Å². The highest BCUT2D eigenvalue weighted by Gasteiger charge is 2.49. The lowest BCUT2D eigenvalue weighted by atomic mass is 9.81. The van der Waals surface area contributed by atoms with Gasteiger partial charge in [-0.15, -0.1) is 0 Å². The second kappa shape index (κ2) is 4.17. The Labute approximate surface area is 86.4 Å². The van der Waals surface area contributed by atoms with E-state index in [1.54, 1.807) is 7.11 Å².